The average Bonchev–Trinajstić information content (AvgIpc) is 2.26. The van der Waals surface area contributed by atoms with E-state index >= 15 is 0 Å². The number of hydrogen-bond acceptors (Lipinski definition) is 3. The van der Waals surface area contributed by atoms with Crippen LogP contribution < -0.4 is 5.73 Å². The first-order valence-electron chi connectivity index (χ1n) is 6.35. The molecule has 17 heavy (non-hydrogen) atoms. The first kappa shape index (κ1) is 14.7. The van der Waals surface area contributed by atoms with Crippen molar-refractivity contribution in [1.29, 1.82) is 0 Å². The van der Waals surface area contributed by atoms with Gasteiger partial charge in [0.15, 0.2) is 0 Å². The Balaban J connectivity index is 0.00000144. The number of nitrogens with two attached hydrogens (primary N) is 1. The van der Waals surface area contributed by atoms with Crippen LogP contribution in [0.3, 0.4) is 0 Å². The summed E-state index contributed by atoms with van der Waals surface area (Å²) >= 11 is 0. The van der Waals surface area contributed by atoms with Crippen molar-refractivity contribution in [3.8, 4) is 0 Å². The Hall–Kier alpha value is -0.320. The molecule has 2 rings (SSSR count). The number of nitrogens with zero attached hydrogens (tertiary/aromatic N) is 1. The Kier molecular flexibility index (Phi) is 5.22. The molecule has 1 aliphatic heterocycles. The van der Waals surface area contributed by atoms with Crippen molar-refractivity contribution >= 4 is 18.3 Å². The van der Waals surface area contributed by atoms with E-state index < -0.39 is 0 Å². The zero-order valence-electron chi connectivity index (χ0n) is 10.5. The third-order valence-electron chi connectivity index (χ3n) is 3.74. The standard InChI is InChI=1S/C12H22N2O2.ClH/c1-2-4-10(13)11(15)14-7-8-16-12(9-14)5-3-6-12;/h10H,2-9,13H2,1H3;1H. The van der Waals surface area contributed by atoms with Gasteiger partial charge in [0.1, 0.15) is 0 Å². The van der Waals surface area contributed by atoms with Crippen molar-refractivity contribution in [1.82, 2.24) is 4.90 Å². The van der Waals surface area contributed by atoms with Crippen molar-refractivity contribution in [2.75, 3.05) is 19.7 Å². The number of rotatable bonds is 3. The van der Waals surface area contributed by atoms with Gasteiger partial charge in [-0.2, -0.15) is 0 Å². The highest BCUT2D eigenvalue weighted by molar-refractivity contribution is 5.85. The summed E-state index contributed by atoms with van der Waals surface area (Å²) in [7, 11) is 0. The Morgan fingerprint density at radius 1 is 1.53 bits per heavy atom. The van der Waals surface area contributed by atoms with Gasteiger partial charge in [-0.1, -0.05) is 13.3 Å². The van der Waals surface area contributed by atoms with Crippen LogP contribution in [0, 0.1) is 0 Å². The normalized spacial score (nSPS) is 23.8. The molecule has 0 aromatic rings. The van der Waals surface area contributed by atoms with Crippen LogP contribution in [0.25, 0.3) is 0 Å². The smallest absolute Gasteiger partial charge is 0.239 e. The Morgan fingerprint density at radius 3 is 2.76 bits per heavy atom. The monoisotopic (exact) mass is 262 g/mol. The number of carbonyl (C=O) groups is 1. The molecule has 0 aromatic carbocycles. The molecule has 1 atom stereocenters. The lowest BCUT2D eigenvalue weighted by atomic mass is 9.78. The lowest BCUT2D eigenvalue weighted by molar-refractivity contribution is -0.168. The number of halogens is 1. The van der Waals surface area contributed by atoms with Crippen molar-refractivity contribution in [3.05, 3.63) is 0 Å². The van der Waals surface area contributed by atoms with Crippen molar-refractivity contribution in [2.45, 2.75) is 50.7 Å². The fourth-order valence-electron chi connectivity index (χ4n) is 2.58. The highest BCUT2D eigenvalue weighted by Gasteiger charge is 2.43. The number of ether oxygens (including phenoxy) is 1. The fourth-order valence-corrected chi connectivity index (χ4v) is 2.58. The molecule has 1 unspecified atom stereocenters. The second-order valence-corrected chi connectivity index (χ2v) is 5.04. The number of hydrogen-bond donors (Lipinski definition) is 1. The van der Waals surface area contributed by atoms with Gasteiger partial charge in [0.2, 0.25) is 5.91 Å². The average molecular weight is 263 g/mol. The van der Waals surface area contributed by atoms with E-state index in [4.69, 9.17) is 10.5 Å². The molecule has 100 valence electrons. The summed E-state index contributed by atoms with van der Waals surface area (Å²) in [6, 6.07) is -0.319. The molecule has 0 radical (unpaired) electrons. The molecular formula is C12H23ClN2O2. The van der Waals surface area contributed by atoms with Gasteiger partial charge < -0.3 is 15.4 Å². The zero-order valence-corrected chi connectivity index (χ0v) is 11.3. The minimum Gasteiger partial charge on any atom is -0.371 e. The number of morpholine rings is 1. The molecule has 1 amide bonds. The molecule has 1 spiro atoms. The summed E-state index contributed by atoms with van der Waals surface area (Å²) in [6.07, 6.45) is 5.16. The molecule has 2 N–H and O–H groups in total. The second kappa shape index (κ2) is 6.03. The molecule has 1 aliphatic carbocycles. The molecule has 0 bridgehead atoms. The van der Waals surface area contributed by atoms with Gasteiger partial charge >= 0.3 is 0 Å². The predicted molar refractivity (Wildman–Crippen MR) is 69.2 cm³/mol. The van der Waals surface area contributed by atoms with Crippen molar-refractivity contribution in [3.63, 3.8) is 0 Å². The molecule has 2 aliphatic rings. The van der Waals surface area contributed by atoms with Gasteiger partial charge in [0.25, 0.3) is 0 Å². The number of carbonyl (C=O) groups excluding carboxylic acids is 1. The minimum absolute atomic E-state index is 0. The summed E-state index contributed by atoms with van der Waals surface area (Å²) in [5, 5.41) is 0. The van der Waals surface area contributed by atoms with Gasteiger partial charge in [0, 0.05) is 13.1 Å². The lowest BCUT2D eigenvalue weighted by Gasteiger charge is -2.48. The highest BCUT2D eigenvalue weighted by Crippen LogP contribution is 2.38. The first-order valence-corrected chi connectivity index (χ1v) is 6.35. The zero-order chi connectivity index (χ0) is 11.6. The SMILES string of the molecule is CCCC(N)C(=O)N1CCOC2(CCC2)C1.Cl. The number of amides is 1. The van der Waals surface area contributed by atoms with E-state index in [0.29, 0.717) is 13.2 Å². The highest BCUT2D eigenvalue weighted by atomic mass is 35.5. The van der Waals surface area contributed by atoms with Crippen LogP contribution in [0.5, 0.6) is 0 Å². The maximum atomic E-state index is 12.1. The Morgan fingerprint density at radius 2 is 2.24 bits per heavy atom. The van der Waals surface area contributed by atoms with Crippen LogP contribution >= 0.6 is 12.4 Å². The van der Waals surface area contributed by atoms with E-state index in [-0.39, 0.29) is 30.0 Å². The Labute approximate surface area is 109 Å². The summed E-state index contributed by atoms with van der Waals surface area (Å²) < 4.78 is 5.79. The van der Waals surface area contributed by atoms with Crippen LogP contribution in [0.15, 0.2) is 0 Å². The van der Waals surface area contributed by atoms with Crippen molar-refractivity contribution in [2.24, 2.45) is 5.73 Å². The van der Waals surface area contributed by atoms with E-state index in [0.717, 1.165) is 32.2 Å². The van der Waals surface area contributed by atoms with E-state index in [1.54, 1.807) is 0 Å². The quantitative estimate of drug-likeness (QED) is 0.835. The predicted octanol–water partition coefficient (Wildman–Crippen LogP) is 1.32. The van der Waals surface area contributed by atoms with Gasteiger partial charge in [-0.3, -0.25) is 4.79 Å². The maximum Gasteiger partial charge on any atom is 0.239 e. The van der Waals surface area contributed by atoms with Crippen LogP contribution in [0.2, 0.25) is 0 Å². The molecule has 5 heteroatoms. The summed E-state index contributed by atoms with van der Waals surface area (Å²) in [6.45, 7) is 4.19. The largest absolute Gasteiger partial charge is 0.371 e. The molecular weight excluding hydrogens is 240 g/mol. The van der Waals surface area contributed by atoms with E-state index in [1.807, 2.05) is 4.90 Å². The van der Waals surface area contributed by atoms with E-state index in [2.05, 4.69) is 6.92 Å². The third kappa shape index (κ3) is 3.12. The third-order valence-corrected chi connectivity index (χ3v) is 3.74. The molecule has 1 saturated heterocycles. The molecule has 4 nitrogen and oxygen atoms in total. The van der Waals surface area contributed by atoms with Crippen LogP contribution in [0.4, 0.5) is 0 Å². The van der Waals surface area contributed by atoms with Gasteiger partial charge in [-0.15, -0.1) is 12.4 Å². The maximum absolute atomic E-state index is 12.1. The van der Waals surface area contributed by atoms with Gasteiger partial charge in [0.05, 0.1) is 18.2 Å². The first-order chi connectivity index (χ1) is 7.67. The second-order valence-electron chi connectivity index (χ2n) is 5.04. The molecule has 0 aromatic heterocycles. The van der Waals surface area contributed by atoms with E-state index in [1.165, 1.54) is 6.42 Å². The summed E-state index contributed by atoms with van der Waals surface area (Å²) in [4.78, 5) is 14.0. The minimum atomic E-state index is -0.319. The topological polar surface area (TPSA) is 55.6 Å². The van der Waals surface area contributed by atoms with Crippen LogP contribution in [-0.2, 0) is 9.53 Å². The van der Waals surface area contributed by atoms with E-state index in [9.17, 15) is 4.79 Å². The molecule has 1 saturated carbocycles. The van der Waals surface area contributed by atoms with Gasteiger partial charge in [-0.25, -0.2) is 0 Å². The van der Waals surface area contributed by atoms with Crippen molar-refractivity contribution < 1.29 is 9.53 Å². The summed E-state index contributed by atoms with van der Waals surface area (Å²) in [5.74, 6) is 0.108. The fraction of sp³-hybridized carbons (Fsp3) is 0.917. The molecule has 1 heterocycles. The van der Waals surface area contributed by atoms with Crippen LogP contribution in [0.1, 0.15) is 39.0 Å². The molecule has 2 fully saturated rings. The summed E-state index contributed by atoms with van der Waals surface area (Å²) in [5.41, 5.74) is 5.86. The lowest BCUT2D eigenvalue weighted by Crippen LogP contribution is -2.59. The van der Waals surface area contributed by atoms with Gasteiger partial charge in [-0.05, 0) is 25.7 Å². The Bertz CT molecular complexity index is 269. The van der Waals surface area contributed by atoms with Crippen LogP contribution in [-0.4, -0.2) is 42.1 Å².